The van der Waals surface area contributed by atoms with Crippen molar-refractivity contribution in [3.63, 3.8) is 0 Å². The normalized spacial score (nSPS) is 12.7. The molecule has 1 atom stereocenters. The standard InChI is InChI=1S/C25H23F4NO4S/c1-3-17(2)30(24(31)21-12-5-6-13-22(21)26)16-18-9-4-7-14-23(18)34-35(32,33)20-11-8-10-19(15-20)25(27,28)29/h4-15,17H,3,16H2,1-2H3. The maximum Gasteiger partial charge on any atom is 0.416 e. The van der Waals surface area contributed by atoms with Crippen molar-refractivity contribution in [1.82, 2.24) is 4.90 Å². The average molecular weight is 510 g/mol. The Hall–Kier alpha value is -3.40. The Kier molecular flexibility index (Phi) is 7.84. The van der Waals surface area contributed by atoms with Gasteiger partial charge in [0, 0.05) is 18.2 Å². The van der Waals surface area contributed by atoms with E-state index >= 15 is 0 Å². The molecule has 0 saturated heterocycles. The Balaban J connectivity index is 1.94. The minimum atomic E-state index is -4.73. The van der Waals surface area contributed by atoms with E-state index in [1.807, 2.05) is 6.92 Å². The van der Waals surface area contributed by atoms with Crippen LogP contribution in [-0.4, -0.2) is 25.3 Å². The molecular formula is C25H23F4NO4S. The summed E-state index contributed by atoms with van der Waals surface area (Å²) in [6, 6.07) is 14.4. The third-order valence-electron chi connectivity index (χ3n) is 5.45. The van der Waals surface area contributed by atoms with Gasteiger partial charge in [0.2, 0.25) is 0 Å². The van der Waals surface area contributed by atoms with Gasteiger partial charge in [-0.05, 0) is 49.7 Å². The number of hydrogen-bond acceptors (Lipinski definition) is 4. The van der Waals surface area contributed by atoms with Gasteiger partial charge in [0.05, 0.1) is 11.1 Å². The fourth-order valence-corrected chi connectivity index (χ4v) is 4.34. The van der Waals surface area contributed by atoms with E-state index in [1.165, 1.54) is 47.4 Å². The Labute approximate surface area is 201 Å². The van der Waals surface area contributed by atoms with E-state index in [0.29, 0.717) is 12.5 Å². The van der Waals surface area contributed by atoms with Crippen molar-refractivity contribution in [2.24, 2.45) is 0 Å². The van der Waals surface area contributed by atoms with Gasteiger partial charge in [0.1, 0.15) is 16.5 Å². The van der Waals surface area contributed by atoms with Crippen molar-refractivity contribution in [2.45, 2.75) is 43.9 Å². The number of carbonyl (C=O) groups excluding carboxylic acids is 1. The van der Waals surface area contributed by atoms with Crippen molar-refractivity contribution in [3.05, 3.63) is 95.3 Å². The second kappa shape index (κ2) is 10.5. The second-order valence-corrected chi connectivity index (χ2v) is 9.39. The van der Waals surface area contributed by atoms with Crippen LogP contribution in [0.1, 0.15) is 41.8 Å². The lowest BCUT2D eigenvalue weighted by molar-refractivity contribution is -0.137. The van der Waals surface area contributed by atoms with Gasteiger partial charge >= 0.3 is 16.3 Å². The molecule has 0 bridgehead atoms. The third kappa shape index (κ3) is 6.19. The lowest BCUT2D eigenvalue weighted by Crippen LogP contribution is -2.38. The molecule has 0 fully saturated rings. The van der Waals surface area contributed by atoms with E-state index in [4.69, 9.17) is 4.18 Å². The molecular weight excluding hydrogens is 486 g/mol. The number of alkyl halides is 3. The van der Waals surface area contributed by atoms with Crippen molar-refractivity contribution in [1.29, 1.82) is 0 Å². The zero-order valence-electron chi connectivity index (χ0n) is 18.9. The van der Waals surface area contributed by atoms with Crippen LogP contribution in [0.2, 0.25) is 0 Å². The van der Waals surface area contributed by atoms with Crippen LogP contribution in [0.3, 0.4) is 0 Å². The summed E-state index contributed by atoms with van der Waals surface area (Å²) >= 11 is 0. The molecule has 1 amide bonds. The highest BCUT2D eigenvalue weighted by atomic mass is 32.2. The van der Waals surface area contributed by atoms with E-state index in [-0.39, 0.29) is 29.5 Å². The summed E-state index contributed by atoms with van der Waals surface area (Å²) in [7, 11) is -4.62. The van der Waals surface area contributed by atoms with Gasteiger partial charge in [0.15, 0.2) is 0 Å². The molecule has 0 radical (unpaired) electrons. The molecule has 35 heavy (non-hydrogen) atoms. The van der Waals surface area contributed by atoms with Gasteiger partial charge in [-0.15, -0.1) is 0 Å². The molecule has 0 spiro atoms. The van der Waals surface area contributed by atoms with Crippen LogP contribution in [0, 0.1) is 5.82 Å². The molecule has 0 aliphatic carbocycles. The lowest BCUT2D eigenvalue weighted by Gasteiger charge is -2.29. The molecule has 3 rings (SSSR count). The number of carbonyl (C=O) groups is 1. The van der Waals surface area contributed by atoms with Crippen molar-refractivity contribution < 1.29 is 35.0 Å². The highest BCUT2D eigenvalue weighted by molar-refractivity contribution is 7.87. The molecule has 0 N–H and O–H groups in total. The Bertz CT molecular complexity index is 1310. The summed E-state index contributed by atoms with van der Waals surface area (Å²) in [4.78, 5) is 13.9. The molecule has 0 aliphatic rings. The first-order chi connectivity index (χ1) is 16.4. The summed E-state index contributed by atoms with van der Waals surface area (Å²) < 4.78 is 84.2. The second-order valence-electron chi connectivity index (χ2n) is 7.84. The molecule has 10 heteroatoms. The Morgan fingerprint density at radius 2 is 1.66 bits per heavy atom. The maximum atomic E-state index is 14.3. The number of rotatable bonds is 8. The minimum Gasteiger partial charge on any atom is -0.379 e. The van der Waals surface area contributed by atoms with Crippen LogP contribution >= 0.6 is 0 Å². The van der Waals surface area contributed by atoms with E-state index in [0.717, 1.165) is 18.2 Å². The molecule has 5 nitrogen and oxygen atoms in total. The van der Waals surface area contributed by atoms with Gasteiger partial charge < -0.3 is 9.08 Å². The number of halogens is 4. The van der Waals surface area contributed by atoms with E-state index in [2.05, 4.69) is 0 Å². The number of amides is 1. The van der Waals surface area contributed by atoms with Gasteiger partial charge in [-0.25, -0.2) is 4.39 Å². The lowest BCUT2D eigenvalue weighted by atomic mass is 10.1. The van der Waals surface area contributed by atoms with Crippen molar-refractivity contribution in [2.75, 3.05) is 0 Å². The summed E-state index contributed by atoms with van der Waals surface area (Å²) in [6.45, 7) is 3.49. The quantitative estimate of drug-likeness (QED) is 0.274. The van der Waals surface area contributed by atoms with Crippen LogP contribution in [0.15, 0.2) is 77.7 Å². The van der Waals surface area contributed by atoms with Gasteiger partial charge in [-0.2, -0.15) is 21.6 Å². The monoisotopic (exact) mass is 509 g/mol. The molecule has 3 aromatic carbocycles. The number of hydrogen-bond donors (Lipinski definition) is 0. The SMILES string of the molecule is CCC(C)N(Cc1ccccc1OS(=O)(=O)c1cccc(C(F)(F)F)c1)C(=O)c1ccccc1F. The van der Waals surface area contributed by atoms with E-state index < -0.39 is 38.5 Å². The summed E-state index contributed by atoms with van der Waals surface area (Å²) in [5.41, 5.74) is -0.982. The van der Waals surface area contributed by atoms with Crippen LogP contribution in [0.25, 0.3) is 0 Å². The molecule has 186 valence electrons. The fourth-order valence-electron chi connectivity index (χ4n) is 3.33. The fraction of sp³-hybridized carbons (Fsp3) is 0.240. The van der Waals surface area contributed by atoms with E-state index in [9.17, 15) is 30.8 Å². The van der Waals surface area contributed by atoms with E-state index in [1.54, 1.807) is 13.0 Å². The zero-order valence-corrected chi connectivity index (χ0v) is 19.7. The Morgan fingerprint density at radius 3 is 2.31 bits per heavy atom. The number of para-hydroxylation sites is 1. The van der Waals surface area contributed by atoms with Crippen molar-refractivity contribution >= 4 is 16.0 Å². The first kappa shape index (κ1) is 26.2. The summed E-state index contributed by atoms with van der Waals surface area (Å²) in [6.07, 6.45) is -4.20. The molecule has 1 unspecified atom stereocenters. The summed E-state index contributed by atoms with van der Waals surface area (Å²) in [5.74, 6) is -1.44. The topological polar surface area (TPSA) is 63.7 Å². The van der Waals surface area contributed by atoms with Crippen LogP contribution in [0.4, 0.5) is 17.6 Å². The van der Waals surface area contributed by atoms with Crippen molar-refractivity contribution in [3.8, 4) is 5.75 Å². The summed E-state index contributed by atoms with van der Waals surface area (Å²) in [5, 5.41) is 0. The zero-order chi connectivity index (χ0) is 25.8. The van der Waals surface area contributed by atoms with Gasteiger partial charge in [-0.3, -0.25) is 4.79 Å². The molecule has 0 aromatic heterocycles. The molecule has 0 saturated carbocycles. The maximum absolute atomic E-state index is 14.3. The highest BCUT2D eigenvalue weighted by Crippen LogP contribution is 2.32. The number of benzene rings is 3. The smallest absolute Gasteiger partial charge is 0.379 e. The van der Waals surface area contributed by atoms with Crippen LogP contribution in [0.5, 0.6) is 5.75 Å². The highest BCUT2D eigenvalue weighted by Gasteiger charge is 2.32. The predicted octanol–water partition coefficient (Wildman–Crippen LogP) is 6.05. The predicted molar refractivity (Wildman–Crippen MR) is 122 cm³/mol. The number of nitrogens with zero attached hydrogens (tertiary/aromatic N) is 1. The van der Waals surface area contributed by atoms with Gasteiger partial charge in [-0.1, -0.05) is 43.3 Å². The van der Waals surface area contributed by atoms with Crippen LogP contribution in [-0.2, 0) is 22.8 Å². The molecule has 3 aromatic rings. The molecule has 0 heterocycles. The largest absolute Gasteiger partial charge is 0.416 e. The Morgan fingerprint density at radius 1 is 1.00 bits per heavy atom. The first-order valence-electron chi connectivity index (χ1n) is 10.7. The van der Waals surface area contributed by atoms with Crippen LogP contribution < -0.4 is 4.18 Å². The van der Waals surface area contributed by atoms with Gasteiger partial charge in [0.25, 0.3) is 5.91 Å². The minimum absolute atomic E-state index is 0.115. The first-order valence-corrected chi connectivity index (χ1v) is 12.1. The third-order valence-corrected chi connectivity index (χ3v) is 6.68. The molecule has 0 aliphatic heterocycles. The average Bonchev–Trinajstić information content (AvgIpc) is 2.82.